The first kappa shape index (κ1) is 15.4. The highest BCUT2D eigenvalue weighted by Gasteiger charge is 2.32. The molecule has 1 aromatic rings. The summed E-state index contributed by atoms with van der Waals surface area (Å²) in [5.41, 5.74) is 0. The molecule has 0 spiro atoms. The lowest BCUT2D eigenvalue weighted by molar-refractivity contribution is -0.145. The fraction of sp³-hybridized carbons (Fsp3) is 0.583. The van der Waals surface area contributed by atoms with Crippen LogP contribution in [0, 0.1) is 6.92 Å². The van der Waals surface area contributed by atoms with E-state index in [-0.39, 0.29) is 19.6 Å². The number of aryl methyl sites for hydroxylation is 1. The number of thiophene rings is 1. The minimum Gasteiger partial charge on any atom is -0.469 e. The number of methoxy groups -OCH3 is 1. The molecule has 1 aromatic heterocycles. The zero-order valence-corrected chi connectivity index (χ0v) is 13.0. The third kappa shape index (κ3) is 3.38. The highest BCUT2D eigenvalue weighted by molar-refractivity contribution is 7.91. The van der Waals surface area contributed by atoms with Crippen molar-refractivity contribution in [2.45, 2.75) is 23.7 Å². The highest BCUT2D eigenvalue weighted by Crippen LogP contribution is 2.26. The third-order valence-corrected chi connectivity index (χ3v) is 6.37. The van der Waals surface area contributed by atoms with Crippen LogP contribution in [0.1, 0.15) is 11.3 Å². The molecule has 112 valence electrons. The van der Waals surface area contributed by atoms with Gasteiger partial charge in [0.05, 0.1) is 26.2 Å². The molecule has 6 nitrogen and oxygen atoms in total. The molecule has 0 aliphatic carbocycles. The van der Waals surface area contributed by atoms with Gasteiger partial charge in [0, 0.05) is 18.0 Å². The second-order valence-electron chi connectivity index (χ2n) is 4.50. The van der Waals surface area contributed by atoms with Crippen molar-refractivity contribution in [3.05, 3.63) is 17.0 Å². The molecule has 1 fully saturated rings. The van der Waals surface area contributed by atoms with Crippen LogP contribution in [0.5, 0.6) is 0 Å². The van der Waals surface area contributed by atoms with Gasteiger partial charge in [0.1, 0.15) is 4.21 Å². The summed E-state index contributed by atoms with van der Waals surface area (Å²) in [5, 5.41) is 0. The third-order valence-electron chi connectivity index (χ3n) is 3.03. The van der Waals surface area contributed by atoms with Gasteiger partial charge >= 0.3 is 5.97 Å². The Hall–Kier alpha value is -0.960. The second-order valence-corrected chi connectivity index (χ2v) is 7.95. The molecule has 2 rings (SSSR count). The van der Waals surface area contributed by atoms with Crippen molar-refractivity contribution >= 4 is 27.3 Å². The monoisotopic (exact) mass is 319 g/mol. The molecule has 1 aliphatic rings. The van der Waals surface area contributed by atoms with Crippen molar-refractivity contribution in [3.8, 4) is 0 Å². The standard InChI is InChI=1S/C12H17NO5S2/c1-9-3-4-12(19-9)20(15,16)13-5-6-18-10(8-13)7-11(14)17-2/h3-4,10H,5-8H2,1-2H3. The van der Waals surface area contributed by atoms with Crippen LogP contribution in [0.15, 0.2) is 16.3 Å². The van der Waals surface area contributed by atoms with E-state index in [2.05, 4.69) is 4.74 Å². The number of esters is 1. The summed E-state index contributed by atoms with van der Waals surface area (Å²) >= 11 is 1.25. The molecule has 0 saturated carbocycles. The van der Waals surface area contributed by atoms with Crippen LogP contribution in [0.3, 0.4) is 0 Å². The van der Waals surface area contributed by atoms with Crippen molar-refractivity contribution < 1.29 is 22.7 Å². The van der Waals surface area contributed by atoms with Gasteiger partial charge in [0.15, 0.2) is 0 Å². The van der Waals surface area contributed by atoms with Crippen LogP contribution >= 0.6 is 11.3 Å². The van der Waals surface area contributed by atoms with Crippen LogP contribution in [-0.4, -0.2) is 51.6 Å². The van der Waals surface area contributed by atoms with E-state index in [9.17, 15) is 13.2 Å². The summed E-state index contributed by atoms with van der Waals surface area (Å²) in [6, 6.07) is 3.39. The molecule has 0 amide bonds. The maximum Gasteiger partial charge on any atom is 0.308 e. The molecule has 1 aliphatic heterocycles. The lowest BCUT2D eigenvalue weighted by Gasteiger charge is -2.31. The van der Waals surface area contributed by atoms with E-state index in [1.165, 1.54) is 22.8 Å². The largest absolute Gasteiger partial charge is 0.469 e. The van der Waals surface area contributed by atoms with Gasteiger partial charge in [-0.1, -0.05) is 0 Å². The van der Waals surface area contributed by atoms with Gasteiger partial charge < -0.3 is 9.47 Å². The summed E-state index contributed by atoms with van der Waals surface area (Å²) < 4.78 is 36.6. The zero-order chi connectivity index (χ0) is 14.8. The normalized spacial score (nSPS) is 20.8. The fourth-order valence-corrected chi connectivity index (χ4v) is 4.87. The number of hydrogen-bond acceptors (Lipinski definition) is 6. The first-order valence-electron chi connectivity index (χ1n) is 6.18. The Morgan fingerprint density at radius 2 is 2.30 bits per heavy atom. The molecule has 0 bridgehead atoms. The van der Waals surface area contributed by atoms with Gasteiger partial charge in [0.25, 0.3) is 10.0 Å². The van der Waals surface area contributed by atoms with Crippen LogP contribution in [0.2, 0.25) is 0 Å². The number of nitrogens with zero attached hydrogens (tertiary/aromatic N) is 1. The topological polar surface area (TPSA) is 72.9 Å². The molecule has 8 heteroatoms. The van der Waals surface area contributed by atoms with Crippen LogP contribution in [0.4, 0.5) is 0 Å². The lowest BCUT2D eigenvalue weighted by atomic mass is 10.2. The molecule has 0 N–H and O–H groups in total. The summed E-state index contributed by atoms with van der Waals surface area (Å²) in [4.78, 5) is 12.2. The van der Waals surface area contributed by atoms with Crippen molar-refractivity contribution in [1.29, 1.82) is 0 Å². The number of ether oxygens (including phenoxy) is 2. The quantitative estimate of drug-likeness (QED) is 0.775. The number of carbonyl (C=O) groups excluding carboxylic acids is 1. The van der Waals surface area contributed by atoms with Crippen molar-refractivity contribution in [1.82, 2.24) is 4.31 Å². The Labute approximate surface area is 122 Å². The van der Waals surface area contributed by atoms with E-state index in [4.69, 9.17) is 4.74 Å². The Kier molecular flexibility index (Phi) is 4.79. The van der Waals surface area contributed by atoms with Crippen molar-refractivity contribution in [2.24, 2.45) is 0 Å². The Morgan fingerprint density at radius 3 is 2.90 bits per heavy atom. The van der Waals surface area contributed by atoms with Crippen LogP contribution < -0.4 is 0 Å². The average Bonchev–Trinajstić information content (AvgIpc) is 2.86. The molecule has 0 aromatic carbocycles. The summed E-state index contributed by atoms with van der Waals surface area (Å²) in [7, 11) is -2.20. The minimum absolute atomic E-state index is 0.0615. The second kappa shape index (κ2) is 6.21. The SMILES string of the molecule is COC(=O)CC1CN(S(=O)(=O)c2ccc(C)s2)CCO1. The zero-order valence-electron chi connectivity index (χ0n) is 11.4. The molecule has 0 radical (unpaired) electrons. The van der Waals surface area contributed by atoms with Crippen LogP contribution in [-0.2, 0) is 24.3 Å². The van der Waals surface area contributed by atoms with Crippen molar-refractivity contribution in [2.75, 3.05) is 26.8 Å². The van der Waals surface area contributed by atoms with E-state index in [0.717, 1.165) is 4.88 Å². The van der Waals surface area contributed by atoms with E-state index in [0.29, 0.717) is 10.8 Å². The van der Waals surface area contributed by atoms with E-state index in [1.807, 2.05) is 6.92 Å². The predicted octanol–water partition coefficient (Wildman–Crippen LogP) is 1.01. The highest BCUT2D eigenvalue weighted by atomic mass is 32.2. The molecule has 20 heavy (non-hydrogen) atoms. The van der Waals surface area contributed by atoms with E-state index >= 15 is 0 Å². The molecular weight excluding hydrogens is 302 g/mol. The Balaban J connectivity index is 2.10. The minimum atomic E-state index is -3.50. The molecule has 2 heterocycles. The van der Waals surface area contributed by atoms with Gasteiger partial charge in [-0.3, -0.25) is 4.79 Å². The summed E-state index contributed by atoms with van der Waals surface area (Å²) in [6.45, 7) is 2.62. The molecule has 1 unspecified atom stereocenters. The van der Waals surface area contributed by atoms with Gasteiger partial charge in [-0.2, -0.15) is 4.31 Å². The lowest BCUT2D eigenvalue weighted by Crippen LogP contribution is -2.46. The fourth-order valence-electron chi connectivity index (χ4n) is 1.98. The molecule has 1 saturated heterocycles. The summed E-state index contributed by atoms with van der Waals surface area (Å²) in [6.07, 6.45) is -0.390. The van der Waals surface area contributed by atoms with E-state index < -0.39 is 22.1 Å². The number of hydrogen-bond donors (Lipinski definition) is 0. The van der Waals surface area contributed by atoms with Crippen LogP contribution in [0.25, 0.3) is 0 Å². The van der Waals surface area contributed by atoms with Gasteiger partial charge in [-0.25, -0.2) is 8.42 Å². The molecule has 1 atom stereocenters. The maximum absolute atomic E-state index is 12.5. The smallest absolute Gasteiger partial charge is 0.308 e. The molecular formula is C12H17NO5S2. The van der Waals surface area contributed by atoms with Gasteiger partial charge in [-0.15, -0.1) is 11.3 Å². The van der Waals surface area contributed by atoms with Crippen molar-refractivity contribution in [3.63, 3.8) is 0 Å². The number of morpholine rings is 1. The predicted molar refractivity (Wildman–Crippen MR) is 74.2 cm³/mol. The number of sulfonamides is 1. The van der Waals surface area contributed by atoms with Gasteiger partial charge in [-0.05, 0) is 19.1 Å². The summed E-state index contributed by atoms with van der Waals surface area (Å²) in [5.74, 6) is -0.402. The number of rotatable bonds is 4. The van der Waals surface area contributed by atoms with Gasteiger partial charge in [0.2, 0.25) is 0 Å². The first-order chi connectivity index (χ1) is 9.43. The van der Waals surface area contributed by atoms with E-state index in [1.54, 1.807) is 12.1 Å². The Morgan fingerprint density at radius 1 is 1.55 bits per heavy atom. The Bertz CT molecular complexity index is 580. The number of carbonyl (C=O) groups is 1. The maximum atomic E-state index is 12.5. The first-order valence-corrected chi connectivity index (χ1v) is 8.44. The average molecular weight is 319 g/mol.